The lowest BCUT2D eigenvalue weighted by Crippen LogP contribution is -2.19. The minimum atomic E-state index is -4.52. The molecule has 2 N–H and O–H groups in total. The molecule has 11 heteroatoms. The van der Waals surface area contributed by atoms with Crippen LogP contribution in [0.3, 0.4) is 0 Å². The van der Waals surface area contributed by atoms with Crippen LogP contribution in [0, 0.1) is 0 Å². The lowest BCUT2D eigenvalue weighted by Gasteiger charge is -2.19. The van der Waals surface area contributed by atoms with Crippen molar-refractivity contribution in [1.29, 1.82) is 0 Å². The number of nitrogens with zero attached hydrogens (tertiary/aromatic N) is 2. The Balaban J connectivity index is 1.56. The van der Waals surface area contributed by atoms with Gasteiger partial charge in [-0.2, -0.15) is 18.2 Å². The maximum atomic E-state index is 12.9. The molecule has 0 atom stereocenters. The second kappa shape index (κ2) is 8.31. The van der Waals surface area contributed by atoms with Gasteiger partial charge in [-0.05, 0) is 36.4 Å². The molecule has 2 heterocycles. The monoisotopic (exact) mass is 450 g/mol. The van der Waals surface area contributed by atoms with Crippen LogP contribution in [0.1, 0.15) is 15.9 Å². The molecule has 1 aliphatic heterocycles. The summed E-state index contributed by atoms with van der Waals surface area (Å²) < 4.78 is 49.9. The molecule has 1 aromatic heterocycles. The first kappa shape index (κ1) is 20.7. The Kier molecular flexibility index (Phi) is 5.55. The molecule has 1 amide bonds. The number of anilines is 2. The summed E-state index contributed by atoms with van der Waals surface area (Å²) in [5.41, 5.74) is -0.743. The number of amides is 1. The van der Waals surface area contributed by atoms with Crippen LogP contribution < -0.4 is 20.1 Å². The predicted octanol–water partition coefficient (Wildman–Crippen LogP) is 5.00. The smallest absolute Gasteiger partial charge is 0.416 e. The van der Waals surface area contributed by atoms with E-state index >= 15 is 0 Å². The van der Waals surface area contributed by atoms with Crippen molar-refractivity contribution in [3.05, 3.63) is 64.9 Å². The van der Waals surface area contributed by atoms with E-state index < -0.39 is 17.6 Å². The Hall–Kier alpha value is -3.53. The molecular formula is C20H14ClF3N4O3. The highest BCUT2D eigenvalue weighted by Crippen LogP contribution is 2.38. The number of rotatable bonds is 4. The molecule has 0 saturated heterocycles. The molecule has 3 aromatic rings. The van der Waals surface area contributed by atoms with Crippen molar-refractivity contribution in [2.45, 2.75) is 6.18 Å². The third kappa shape index (κ3) is 4.64. The van der Waals surface area contributed by atoms with E-state index in [0.717, 1.165) is 12.1 Å². The maximum Gasteiger partial charge on any atom is 0.416 e. The van der Waals surface area contributed by atoms with Crippen LogP contribution in [0.2, 0.25) is 5.02 Å². The molecule has 0 unspecified atom stereocenters. The van der Waals surface area contributed by atoms with Gasteiger partial charge in [-0.25, -0.2) is 4.98 Å². The molecule has 0 fully saturated rings. The highest BCUT2D eigenvalue weighted by molar-refractivity contribution is 6.32. The molecule has 0 radical (unpaired) electrons. The molecule has 160 valence electrons. The molecule has 2 aromatic carbocycles. The van der Waals surface area contributed by atoms with E-state index in [-0.39, 0.29) is 27.9 Å². The second-order valence-electron chi connectivity index (χ2n) is 6.41. The Labute approximate surface area is 179 Å². The standard InChI is InChI=1S/C20H14ClF3N4O3/c21-14-5-4-11(18(29)28-13-3-1-2-12(9-13)20(22,23)24)8-15(14)31-19-16-17(26-10-27-19)25-6-7-30-16/h1-5,8-10H,6-7H2,(H,28,29)(H,25,26,27). The fraction of sp³-hybridized carbons (Fsp3) is 0.150. The summed E-state index contributed by atoms with van der Waals surface area (Å²) in [7, 11) is 0. The van der Waals surface area contributed by atoms with Crippen LogP contribution in [0.15, 0.2) is 48.8 Å². The van der Waals surface area contributed by atoms with E-state index in [9.17, 15) is 18.0 Å². The summed E-state index contributed by atoms with van der Waals surface area (Å²) in [6.07, 6.45) is -3.23. The summed E-state index contributed by atoms with van der Waals surface area (Å²) in [5, 5.41) is 5.68. The molecule has 0 saturated carbocycles. The van der Waals surface area contributed by atoms with Gasteiger partial charge in [0, 0.05) is 11.3 Å². The summed E-state index contributed by atoms with van der Waals surface area (Å²) in [5.74, 6) is 0.362. The number of halogens is 4. The van der Waals surface area contributed by atoms with Crippen molar-refractivity contribution < 1.29 is 27.4 Å². The fourth-order valence-electron chi connectivity index (χ4n) is 2.81. The van der Waals surface area contributed by atoms with Gasteiger partial charge < -0.3 is 20.1 Å². The van der Waals surface area contributed by atoms with Crippen LogP contribution in [-0.2, 0) is 6.18 Å². The Morgan fingerprint density at radius 1 is 1.19 bits per heavy atom. The molecular weight excluding hydrogens is 437 g/mol. The number of aromatic nitrogens is 2. The van der Waals surface area contributed by atoms with Crippen molar-refractivity contribution in [2.75, 3.05) is 23.8 Å². The molecule has 7 nitrogen and oxygen atoms in total. The predicted molar refractivity (Wildman–Crippen MR) is 107 cm³/mol. The van der Waals surface area contributed by atoms with Gasteiger partial charge in [-0.1, -0.05) is 17.7 Å². The fourth-order valence-corrected chi connectivity index (χ4v) is 2.97. The highest BCUT2D eigenvalue weighted by Gasteiger charge is 2.30. The number of carbonyl (C=O) groups excluding carboxylic acids is 1. The topological polar surface area (TPSA) is 85.4 Å². The third-order valence-corrected chi connectivity index (χ3v) is 4.57. The van der Waals surface area contributed by atoms with E-state index in [1.807, 2.05) is 0 Å². The lowest BCUT2D eigenvalue weighted by molar-refractivity contribution is -0.137. The number of fused-ring (bicyclic) bond motifs is 1. The summed E-state index contributed by atoms with van der Waals surface area (Å²) in [4.78, 5) is 20.7. The first-order valence-electron chi connectivity index (χ1n) is 8.99. The molecule has 0 bridgehead atoms. The highest BCUT2D eigenvalue weighted by atomic mass is 35.5. The van der Waals surface area contributed by atoms with Gasteiger partial charge in [0.15, 0.2) is 5.82 Å². The van der Waals surface area contributed by atoms with Crippen molar-refractivity contribution in [1.82, 2.24) is 9.97 Å². The van der Waals surface area contributed by atoms with Crippen LogP contribution in [0.4, 0.5) is 24.7 Å². The quantitative estimate of drug-likeness (QED) is 0.582. The van der Waals surface area contributed by atoms with E-state index in [1.165, 1.54) is 36.7 Å². The zero-order valence-corrected chi connectivity index (χ0v) is 16.4. The largest absolute Gasteiger partial charge is 0.483 e. The second-order valence-corrected chi connectivity index (χ2v) is 6.82. The first-order valence-corrected chi connectivity index (χ1v) is 9.37. The number of alkyl halides is 3. The van der Waals surface area contributed by atoms with Crippen LogP contribution in [-0.4, -0.2) is 29.0 Å². The van der Waals surface area contributed by atoms with Gasteiger partial charge in [0.25, 0.3) is 11.8 Å². The number of ether oxygens (including phenoxy) is 2. The number of benzene rings is 2. The zero-order valence-electron chi connectivity index (χ0n) is 15.7. The van der Waals surface area contributed by atoms with E-state index in [2.05, 4.69) is 20.6 Å². The minimum absolute atomic E-state index is 0.00147. The minimum Gasteiger partial charge on any atom is -0.483 e. The van der Waals surface area contributed by atoms with Crippen LogP contribution in [0.5, 0.6) is 17.4 Å². The van der Waals surface area contributed by atoms with Crippen molar-refractivity contribution in [3.63, 3.8) is 0 Å². The zero-order chi connectivity index (χ0) is 22.0. The number of hydrogen-bond donors (Lipinski definition) is 2. The number of hydrogen-bond acceptors (Lipinski definition) is 6. The Bertz CT molecular complexity index is 1140. The lowest BCUT2D eigenvalue weighted by atomic mass is 10.1. The van der Waals surface area contributed by atoms with E-state index in [0.29, 0.717) is 24.7 Å². The number of nitrogens with one attached hydrogen (secondary N) is 2. The van der Waals surface area contributed by atoms with Crippen LogP contribution >= 0.6 is 11.6 Å². The molecule has 0 aliphatic carbocycles. The molecule has 1 aliphatic rings. The van der Waals surface area contributed by atoms with Crippen molar-refractivity contribution >= 4 is 29.0 Å². The Morgan fingerprint density at radius 2 is 2.03 bits per heavy atom. The summed E-state index contributed by atoms with van der Waals surface area (Å²) >= 11 is 6.18. The summed E-state index contributed by atoms with van der Waals surface area (Å²) in [6.45, 7) is 0.972. The molecule has 4 rings (SSSR count). The average molecular weight is 451 g/mol. The summed E-state index contributed by atoms with van der Waals surface area (Å²) in [6, 6.07) is 8.55. The maximum absolute atomic E-state index is 12.9. The van der Waals surface area contributed by atoms with Gasteiger partial charge in [0.2, 0.25) is 5.75 Å². The van der Waals surface area contributed by atoms with Gasteiger partial charge in [0.05, 0.1) is 17.1 Å². The molecule has 0 spiro atoms. The SMILES string of the molecule is O=C(Nc1cccc(C(F)(F)F)c1)c1ccc(Cl)c(Oc2ncnc3c2OCCN3)c1. The van der Waals surface area contributed by atoms with Crippen molar-refractivity contribution in [3.8, 4) is 17.4 Å². The Morgan fingerprint density at radius 3 is 2.84 bits per heavy atom. The van der Waals surface area contributed by atoms with Gasteiger partial charge in [-0.3, -0.25) is 4.79 Å². The number of carbonyl (C=O) groups is 1. The van der Waals surface area contributed by atoms with Crippen LogP contribution in [0.25, 0.3) is 0 Å². The van der Waals surface area contributed by atoms with Gasteiger partial charge in [-0.15, -0.1) is 0 Å². The van der Waals surface area contributed by atoms with Gasteiger partial charge >= 0.3 is 6.18 Å². The first-order chi connectivity index (χ1) is 14.8. The van der Waals surface area contributed by atoms with E-state index in [4.69, 9.17) is 21.1 Å². The van der Waals surface area contributed by atoms with Gasteiger partial charge in [0.1, 0.15) is 18.7 Å². The molecule has 31 heavy (non-hydrogen) atoms. The third-order valence-electron chi connectivity index (χ3n) is 4.26. The average Bonchev–Trinajstić information content (AvgIpc) is 2.75. The van der Waals surface area contributed by atoms with Crippen molar-refractivity contribution in [2.24, 2.45) is 0 Å². The van der Waals surface area contributed by atoms with E-state index in [1.54, 1.807) is 0 Å². The normalized spacial score (nSPS) is 12.9.